The summed E-state index contributed by atoms with van der Waals surface area (Å²) in [6.45, 7) is 1.83. The van der Waals surface area contributed by atoms with Crippen LogP contribution in [0.25, 0.3) is 22.2 Å². The minimum absolute atomic E-state index is 0.0273. The van der Waals surface area contributed by atoms with Crippen molar-refractivity contribution in [2.24, 2.45) is 7.05 Å². The zero-order valence-electron chi connectivity index (χ0n) is 18.0. The molecule has 2 atom stereocenters. The van der Waals surface area contributed by atoms with Gasteiger partial charge in [0.25, 0.3) is 0 Å². The molecule has 1 aromatic carbocycles. The molecule has 2 heterocycles. The lowest BCUT2D eigenvalue weighted by molar-refractivity contribution is -0.121. The van der Waals surface area contributed by atoms with E-state index in [2.05, 4.69) is 32.2 Å². The molecule has 8 nitrogen and oxygen atoms in total. The first-order chi connectivity index (χ1) is 14.9. The van der Waals surface area contributed by atoms with Crippen LogP contribution in [0.5, 0.6) is 5.88 Å². The van der Waals surface area contributed by atoms with Crippen LogP contribution in [0.15, 0.2) is 42.6 Å². The summed E-state index contributed by atoms with van der Waals surface area (Å²) in [6.07, 6.45) is 4.42. The average Bonchev–Trinajstić information content (AvgIpc) is 3.40. The highest BCUT2D eigenvalue weighted by Crippen LogP contribution is 2.26. The predicted molar refractivity (Wildman–Crippen MR) is 118 cm³/mol. The van der Waals surface area contributed by atoms with Crippen LogP contribution >= 0.6 is 0 Å². The number of fused-ring (bicyclic) bond motifs is 1. The van der Waals surface area contributed by atoms with Gasteiger partial charge in [-0.2, -0.15) is 0 Å². The second-order valence-corrected chi connectivity index (χ2v) is 8.02. The van der Waals surface area contributed by atoms with E-state index in [1.807, 2.05) is 32.3 Å². The fraction of sp³-hybridized carbons (Fsp3) is 0.391. The summed E-state index contributed by atoms with van der Waals surface area (Å²) in [5.41, 5.74) is 2.81. The Kier molecular flexibility index (Phi) is 5.88. The first-order valence-corrected chi connectivity index (χ1v) is 10.6. The maximum atomic E-state index is 12.5. The summed E-state index contributed by atoms with van der Waals surface area (Å²) in [5, 5.41) is 12.4. The van der Waals surface area contributed by atoms with E-state index in [9.17, 15) is 9.59 Å². The second-order valence-electron chi connectivity index (χ2n) is 8.02. The normalized spacial score (nSPS) is 18.2. The van der Waals surface area contributed by atoms with Gasteiger partial charge in [-0.05, 0) is 43.5 Å². The van der Waals surface area contributed by atoms with Gasteiger partial charge in [-0.15, -0.1) is 10.2 Å². The van der Waals surface area contributed by atoms with Crippen molar-refractivity contribution in [3.05, 3.63) is 42.6 Å². The average molecular weight is 422 g/mol. The van der Waals surface area contributed by atoms with Crippen LogP contribution in [0, 0.1) is 0 Å². The van der Waals surface area contributed by atoms with Crippen LogP contribution < -0.4 is 10.1 Å². The van der Waals surface area contributed by atoms with Crippen LogP contribution in [-0.4, -0.2) is 50.8 Å². The summed E-state index contributed by atoms with van der Waals surface area (Å²) >= 11 is 0. The number of rotatable bonds is 5. The smallest absolute Gasteiger partial charge is 0.389 e. The molecule has 162 valence electrons. The number of ether oxygens (including phenoxy) is 1. The minimum Gasteiger partial charge on any atom is -0.389 e. The Balaban J connectivity index is 1.37. The van der Waals surface area contributed by atoms with Crippen LogP contribution in [0.4, 0.5) is 4.79 Å². The molecule has 0 radical (unpaired) electrons. The number of nitrogens with one attached hydrogen (secondary N) is 1. The molecule has 3 aromatic rings. The molecule has 4 rings (SSSR count). The number of aromatic nitrogens is 3. The molecule has 0 aliphatic heterocycles. The molecule has 0 unspecified atom stereocenters. The van der Waals surface area contributed by atoms with Gasteiger partial charge in [0.15, 0.2) is 0 Å². The molecule has 1 fully saturated rings. The fourth-order valence-corrected chi connectivity index (χ4v) is 4.05. The molecule has 0 bridgehead atoms. The van der Waals surface area contributed by atoms with Gasteiger partial charge < -0.3 is 19.5 Å². The van der Waals surface area contributed by atoms with Crippen molar-refractivity contribution < 1.29 is 14.3 Å². The lowest BCUT2D eigenvalue weighted by Crippen LogP contribution is -2.39. The Morgan fingerprint density at radius 1 is 1.19 bits per heavy atom. The number of benzene rings is 1. The number of nitrogens with zero attached hydrogens (tertiary/aromatic N) is 4. The zero-order chi connectivity index (χ0) is 22.0. The van der Waals surface area contributed by atoms with Gasteiger partial charge >= 0.3 is 6.09 Å². The second kappa shape index (κ2) is 8.75. The summed E-state index contributed by atoms with van der Waals surface area (Å²) < 4.78 is 7.48. The highest BCUT2D eigenvalue weighted by atomic mass is 16.6. The van der Waals surface area contributed by atoms with Gasteiger partial charge in [-0.3, -0.25) is 4.79 Å². The van der Waals surface area contributed by atoms with Gasteiger partial charge in [0.2, 0.25) is 11.8 Å². The molecule has 2 amide bonds. The van der Waals surface area contributed by atoms with Crippen LogP contribution in [0.2, 0.25) is 0 Å². The topological polar surface area (TPSA) is 89.4 Å². The van der Waals surface area contributed by atoms with Gasteiger partial charge in [0, 0.05) is 61.3 Å². The van der Waals surface area contributed by atoms with Gasteiger partial charge in [0.05, 0.1) is 5.69 Å². The largest absolute Gasteiger partial charge is 0.416 e. The summed E-state index contributed by atoms with van der Waals surface area (Å²) in [4.78, 5) is 25.7. The first kappa shape index (κ1) is 20.8. The Hall–Kier alpha value is -3.42. The van der Waals surface area contributed by atoms with Crippen molar-refractivity contribution in [1.82, 2.24) is 25.0 Å². The van der Waals surface area contributed by atoms with Crippen LogP contribution in [0.3, 0.4) is 0 Å². The Morgan fingerprint density at radius 3 is 2.77 bits per heavy atom. The number of amides is 2. The Bertz CT molecular complexity index is 1090. The number of carbonyl (C=O) groups is 2. The molecule has 1 aliphatic rings. The molecule has 1 saturated carbocycles. The predicted octanol–water partition coefficient (Wildman–Crippen LogP) is 3.51. The minimum atomic E-state index is -0.472. The fourth-order valence-electron chi connectivity index (χ4n) is 4.05. The quantitative estimate of drug-likeness (QED) is 0.681. The maximum absolute atomic E-state index is 12.5. The number of hydrogen-bond acceptors (Lipinski definition) is 5. The highest BCUT2D eigenvalue weighted by molar-refractivity contribution is 5.85. The molecule has 8 heteroatoms. The lowest BCUT2D eigenvalue weighted by atomic mass is 10.1. The van der Waals surface area contributed by atoms with Crippen LogP contribution in [0.1, 0.15) is 32.6 Å². The van der Waals surface area contributed by atoms with Gasteiger partial charge in [-0.1, -0.05) is 13.0 Å². The first-order valence-electron chi connectivity index (χ1n) is 10.6. The van der Waals surface area contributed by atoms with E-state index in [4.69, 9.17) is 4.74 Å². The molecule has 0 saturated heterocycles. The number of aryl methyl sites for hydroxylation is 1. The SMILES string of the molecule is CCC(=O)N[C@H]1CC[C@@H](N(C)C(=O)Oc2ccc(-c3ccc4c(ccn4C)c3)nn2)C1. The van der Waals surface area contributed by atoms with Crippen LogP contribution in [-0.2, 0) is 11.8 Å². The van der Waals surface area contributed by atoms with E-state index in [1.54, 1.807) is 24.1 Å². The molecule has 0 spiro atoms. The van der Waals surface area contributed by atoms with E-state index in [-0.39, 0.29) is 23.9 Å². The third-order valence-corrected chi connectivity index (χ3v) is 5.94. The third-order valence-electron chi connectivity index (χ3n) is 5.94. The number of carbonyl (C=O) groups excluding carboxylic acids is 2. The summed E-state index contributed by atoms with van der Waals surface area (Å²) in [7, 11) is 3.73. The van der Waals surface area contributed by atoms with Crippen molar-refractivity contribution in [2.75, 3.05) is 7.05 Å². The third kappa shape index (κ3) is 4.52. The van der Waals surface area contributed by atoms with Crippen molar-refractivity contribution in [3.8, 4) is 17.1 Å². The van der Waals surface area contributed by atoms with Gasteiger partial charge in [0.1, 0.15) is 0 Å². The van der Waals surface area contributed by atoms with Crippen molar-refractivity contribution in [2.45, 2.75) is 44.7 Å². The standard InChI is InChI=1S/C23H27N5O3/c1-4-21(29)24-17-6-7-18(14-17)28(3)23(30)31-22-10-8-19(25-26-22)15-5-9-20-16(13-15)11-12-27(20)2/h5,8-13,17-18H,4,6-7,14H2,1-3H3,(H,24,29)/t17-,18+/m0/s1. The van der Waals surface area contributed by atoms with Crippen molar-refractivity contribution in [3.63, 3.8) is 0 Å². The summed E-state index contributed by atoms with van der Waals surface area (Å²) in [6, 6.07) is 11.8. The van der Waals surface area contributed by atoms with Crippen molar-refractivity contribution >= 4 is 22.9 Å². The van der Waals surface area contributed by atoms with E-state index in [0.717, 1.165) is 35.7 Å². The maximum Gasteiger partial charge on any atom is 0.416 e. The van der Waals surface area contributed by atoms with Crippen molar-refractivity contribution in [1.29, 1.82) is 0 Å². The van der Waals surface area contributed by atoms with E-state index < -0.39 is 6.09 Å². The highest BCUT2D eigenvalue weighted by Gasteiger charge is 2.31. The number of hydrogen-bond donors (Lipinski definition) is 1. The molecule has 1 N–H and O–H groups in total. The Morgan fingerprint density at radius 2 is 2.03 bits per heavy atom. The Labute approximate surface area is 181 Å². The molecular weight excluding hydrogens is 394 g/mol. The van der Waals surface area contributed by atoms with E-state index in [1.165, 1.54) is 0 Å². The zero-order valence-corrected chi connectivity index (χ0v) is 18.0. The van der Waals surface area contributed by atoms with Gasteiger partial charge in [-0.25, -0.2) is 4.79 Å². The van der Waals surface area contributed by atoms with E-state index in [0.29, 0.717) is 12.1 Å². The molecule has 1 aliphatic carbocycles. The molecule has 2 aromatic heterocycles. The molecular formula is C23H27N5O3. The van der Waals surface area contributed by atoms with E-state index >= 15 is 0 Å². The monoisotopic (exact) mass is 421 g/mol. The summed E-state index contributed by atoms with van der Waals surface area (Å²) in [5.74, 6) is 0.202. The lowest BCUT2D eigenvalue weighted by Gasteiger charge is -2.23. The molecule has 31 heavy (non-hydrogen) atoms.